The van der Waals surface area contributed by atoms with Crippen molar-refractivity contribution < 1.29 is 4.79 Å². The van der Waals surface area contributed by atoms with Crippen molar-refractivity contribution in [2.24, 2.45) is 5.92 Å². The molecule has 1 aliphatic rings. The fourth-order valence-corrected chi connectivity index (χ4v) is 1.01. The van der Waals surface area contributed by atoms with Crippen molar-refractivity contribution in [3.8, 4) is 0 Å². The van der Waals surface area contributed by atoms with Crippen LogP contribution in [0.4, 0.5) is 0 Å². The molecular weight excluding hydrogens is 126 g/mol. The van der Waals surface area contributed by atoms with Crippen LogP contribution in [0.5, 0.6) is 0 Å². The van der Waals surface area contributed by atoms with E-state index in [0.29, 0.717) is 0 Å². The van der Waals surface area contributed by atoms with E-state index in [0.717, 1.165) is 13.0 Å². The van der Waals surface area contributed by atoms with Gasteiger partial charge in [0.1, 0.15) is 0 Å². The molecule has 0 saturated heterocycles. The Morgan fingerprint density at radius 3 is 2.70 bits per heavy atom. The topological polar surface area (TPSA) is 20.3 Å². The molecule has 10 heavy (non-hydrogen) atoms. The summed E-state index contributed by atoms with van der Waals surface area (Å²) in [4.78, 5) is 13.0. The molecule has 1 aliphatic heterocycles. The Bertz CT molecular complexity index is 161. The fraction of sp³-hybridized carbons (Fsp3) is 0.625. The van der Waals surface area contributed by atoms with Crippen molar-refractivity contribution in [3.63, 3.8) is 0 Å². The predicted octanol–water partition coefficient (Wildman–Crippen LogP) is 1.39. The van der Waals surface area contributed by atoms with E-state index >= 15 is 0 Å². The Morgan fingerprint density at radius 2 is 2.30 bits per heavy atom. The van der Waals surface area contributed by atoms with Gasteiger partial charge in [0.2, 0.25) is 5.91 Å². The molecule has 0 aliphatic carbocycles. The molecule has 0 atom stereocenters. The minimum atomic E-state index is 0.128. The third kappa shape index (κ3) is 1.38. The summed E-state index contributed by atoms with van der Waals surface area (Å²) in [6, 6.07) is 0. The smallest absolute Gasteiger partial charge is 0.229 e. The van der Waals surface area contributed by atoms with Gasteiger partial charge < -0.3 is 4.90 Å². The van der Waals surface area contributed by atoms with Crippen LogP contribution in [0.3, 0.4) is 0 Å². The number of amides is 1. The molecule has 0 fully saturated rings. The molecule has 0 aromatic heterocycles. The molecule has 0 bridgehead atoms. The maximum atomic E-state index is 11.2. The number of hydrogen-bond donors (Lipinski definition) is 0. The first-order chi connectivity index (χ1) is 4.72. The fourth-order valence-electron chi connectivity index (χ4n) is 1.01. The monoisotopic (exact) mass is 139 g/mol. The van der Waals surface area contributed by atoms with E-state index in [4.69, 9.17) is 0 Å². The highest BCUT2D eigenvalue weighted by molar-refractivity contribution is 5.79. The minimum Gasteiger partial charge on any atom is -0.319 e. The lowest BCUT2D eigenvalue weighted by Crippen LogP contribution is -2.27. The number of rotatable bonds is 1. The number of nitrogens with zero attached hydrogens (tertiary/aromatic N) is 1. The molecule has 1 rings (SSSR count). The largest absolute Gasteiger partial charge is 0.319 e. The summed E-state index contributed by atoms with van der Waals surface area (Å²) in [6.07, 6.45) is 4.92. The summed E-state index contributed by atoms with van der Waals surface area (Å²) in [6.45, 7) is 4.72. The lowest BCUT2D eigenvalue weighted by atomic mass is 10.2. The van der Waals surface area contributed by atoms with Gasteiger partial charge in [-0.25, -0.2) is 0 Å². The predicted molar refractivity (Wildman–Crippen MR) is 40.3 cm³/mol. The van der Waals surface area contributed by atoms with Crippen LogP contribution in [0.1, 0.15) is 20.3 Å². The van der Waals surface area contributed by atoms with E-state index in [2.05, 4.69) is 0 Å². The van der Waals surface area contributed by atoms with Gasteiger partial charge in [0, 0.05) is 18.7 Å². The molecule has 1 amide bonds. The summed E-state index contributed by atoms with van der Waals surface area (Å²) < 4.78 is 0. The normalized spacial score (nSPS) is 16.9. The van der Waals surface area contributed by atoms with Crippen LogP contribution >= 0.6 is 0 Å². The van der Waals surface area contributed by atoms with Crippen LogP contribution in [0.15, 0.2) is 12.3 Å². The molecule has 2 heteroatoms. The van der Waals surface area contributed by atoms with Crippen LogP contribution in [-0.2, 0) is 4.79 Å². The van der Waals surface area contributed by atoms with E-state index in [9.17, 15) is 4.79 Å². The molecule has 1 heterocycles. The zero-order valence-corrected chi connectivity index (χ0v) is 6.50. The SMILES string of the molecule is CC(C)C(=O)N1C=CCC1. The van der Waals surface area contributed by atoms with E-state index in [1.807, 2.05) is 26.1 Å². The van der Waals surface area contributed by atoms with Crippen molar-refractivity contribution in [1.29, 1.82) is 0 Å². The molecule has 2 nitrogen and oxygen atoms in total. The highest BCUT2D eigenvalue weighted by atomic mass is 16.2. The Labute approximate surface area is 61.5 Å². The standard InChI is InChI=1S/C8H13NO/c1-7(2)8(10)9-5-3-4-6-9/h3,5,7H,4,6H2,1-2H3. The van der Waals surface area contributed by atoms with Gasteiger partial charge in [-0.2, -0.15) is 0 Å². The van der Waals surface area contributed by atoms with Gasteiger partial charge in [-0.05, 0) is 6.42 Å². The first kappa shape index (κ1) is 7.32. The average molecular weight is 139 g/mol. The summed E-state index contributed by atoms with van der Waals surface area (Å²) in [5.41, 5.74) is 0. The van der Waals surface area contributed by atoms with E-state index in [-0.39, 0.29) is 11.8 Å². The number of carbonyl (C=O) groups is 1. The maximum Gasteiger partial charge on any atom is 0.229 e. The van der Waals surface area contributed by atoms with Crippen LogP contribution in [-0.4, -0.2) is 17.4 Å². The van der Waals surface area contributed by atoms with Gasteiger partial charge in [-0.3, -0.25) is 4.79 Å². The lowest BCUT2D eigenvalue weighted by molar-refractivity contribution is -0.131. The molecular formula is C8H13NO. The average Bonchev–Trinajstić information content (AvgIpc) is 2.36. The summed E-state index contributed by atoms with van der Waals surface area (Å²) in [5, 5.41) is 0. The molecule has 0 N–H and O–H groups in total. The second kappa shape index (κ2) is 2.86. The molecule has 0 spiro atoms. The van der Waals surface area contributed by atoms with Crippen LogP contribution in [0.25, 0.3) is 0 Å². The second-order valence-corrected chi connectivity index (χ2v) is 2.86. The Kier molecular flexibility index (Phi) is 2.10. The van der Waals surface area contributed by atoms with Crippen molar-refractivity contribution >= 4 is 5.91 Å². The molecule has 0 saturated carbocycles. The number of carbonyl (C=O) groups excluding carboxylic acids is 1. The van der Waals surface area contributed by atoms with Crippen molar-refractivity contribution in [2.45, 2.75) is 20.3 Å². The first-order valence-electron chi connectivity index (χ1n) is 3.69. The van der Waals surface area contributed by atoms with Crippen LogP contribution < -0.4 is 0 Å². The third-order valence-electron chi connectivity index (χ3n) is 1.60. The van der Waals surface area contributed by atoms with E-state index < -0.39 is 0 Å². The number of hydrogen-bond acceptors (Lipinski definition) is 1. The first-order valence-corrected chi connectivity index (χ1v) is 3.69. The Morgan fingerprint density at radius 1 is 1.60 bits per heavy atom. The van der Waals surface area contributed by atoms with E-state index in [1.54, 1.807) is 4.90 Å². The lowest BCUT2D eigenvalue weighted by Gasteiger charge is -2.15. The van der Waals surface area contributed by atoms with Gasteiger partial charge in [-0.1, -0.05) is 19.9 Å². The summed E-state index contributed by atoms with van der Waals surface area (Å²) >= 11 is 0. The molecule has 0 aromatic rings. The van der Waals surface area contributed by atoms with Crippen molar-refractivity contribution in [2.75, 3.05) is 6.54 Å². The minimum absolute atomic E-state index is 0.128. The summed E-state index contributed by atoms with van der Waals surface area (Å²) in [7, 11) is 0. The molecule has 0 unspecified atom stereocenters. The van der Waals surface area contributed by atoms with Crippen molar-refractivity contribution in [1.82, 2.24) is 4.90 Å². The third-order valence-corrected chi connectivity index (χ3v) is 1.60. The van der Waals surface area contributed by atoms with Crippen molar-refractivity contribution in [3.05, 3.63) is 12.3 Å². The van der Waals surface area contributed by atoms with E-state index in [1.165, 1.54) is 0 Å². The Balaban J connectivity index is 2.49. The highest BCUT2D eigenvalue weighted by Crippen LogP contribution is 2.08. The van der Waals surface area contributed by atoms with Gasteiger partial charge >= 0.3 is 0 Å². The molecule has 0 aromatic carbocycles. The van der Waals surface area contributed by atoms with Crippen LogP contribution in [0.2, 0.25) is 0 Å². The molecule has 56 valence electrons. The second-order valence-electron chi connectivity index (χ2n) is 2.86. The van der Waals surface area contributed by atoms with Gasteiger partial charge in [-0.15, -0.1) is 0 Å². The van der Waals surface area contributed by atoms with Gasteiger partial charge in [0.25, 0.3) is 0 Å². The van der Waals surface area contributed by atoms with Gasteiger partial charge in [0.05, 0.1) is 0 Å². The zero-order valence-electron chi connectivity index (χ0n) is 6.50. The van der Waals surface area contributed by atoms with Crippen LogP contribution in [0, 0.1) is 5.92 Å². The maximum absolute atomic E-state index is 11.2. The molecule has 0 radical (unpaired) electrons. The Hall–Kier alpha value is -0.790. The summed E-state index contributed by atoms with van der Waals surface area (Å²) in [5.74, 6) is 0.358. The zero-order chi connectivity index (χ0) is 7.56. The quantitative estimate of drug-likeness (QED) is 0.537. The highest BCUT2D eigenvalue weighted by Gasteiger charge is 2.15. The van der Waals surface area contributed by atoms with Gasteiger partial charge in [0.15, 0.2) is 0 Å².